The van der Waals surface area contributed by atoms with Crippen molar-refractivity contribution in [1.29, 1.82) is 0 Å². The first-order valence-electron chi connectivity index (χ1n) is 9.64. The van der Waals surface area contributed by atoms with Crippen LogP contribution >= 0.6 is 0 Å². The zero-order chi connectivity index (χ0) is 17.4. The van der Waals surface area contributed by atoms with Gasteiger partial charge in [-0.25, -0.2) is 0 Å². The second-order valence-corrected chi connectivity index (χ2v) is 7.92. The molecule has 2 heteroatoms. The van der Waals surface area contributed by atoms with Gasteiger partial charge in [-0.3, -0.25) is 4.98 Å². The first kappa shape index (κ1) is 16.4. The number of pyridine rings is 1. The summed E-state index contributed by atoms with van der Waals surface area (Å²) < 4.78 is 0. The van der Waals surface area contributed by atoms with Gasteiger partial charge in [0.15, 0.2) is 0 Å². The molecule has 0 amide bonds. The van der Waals surface area contributed by atoms with Gasteiger partial charge in [-0.2, -0.15) is 0 Å². The van der Waals surface area contributed by atoms with Crippen LogP contribution in [-0.2, 0) is 25.7 Å². The summed E-state index contributed by atoms with van der Waals surface area (Å²) in [6.07, 6.45) is 9.19. The van der Waals surface area contributed by atoms with E-state index in [-0.39, 0.29) is 0 Å². The highest BCUT2D eigenvalue weighted by atomic mass is 14.7. The topological polar surface area (TPSA) is 28.7 Å². The number of benzene rings is 1. The van der Waals surface area contributed by atoms with Gasteiger partial charge in [-0.05, 0) is 87.1 Å². The van der Waals surface area contributed by atoms with Gasteiger partial charge in [0.2, 0.25) is 0 Å². The highest BCUT2D eigenvalue weighted by Crippen LogP contribution is 2.33. The molecule has 0 saturated carbocycles. The van der Waals surface area contributed by atoms with Crippen molar-refractivity contribution < 1.29 is 0 Å². The van der Waals surface area contributed by atoms with Crippen molar-refractivity contribution in [3.05, 3.63) is 64.1 Å². The molecule has 1 atom stereocenters. The van der Waals surface area contributed by atoms with Gasteiger partial charge in [-0.15, -0.1) is 0 Å². The van der Waals surface area contributed by atoms with Crippen molar-refractivity contribution in [2.75, 3.05) is 0 Å². The minimum absolute atomic E-state index is 0.842. The number of aromatic amines is 1. The molecule has 2 nitrogen and oxygen atoms in total. The van der Waals surface area contributed by atoms with Crippen LogP contribution in [0.25, 0.3) is 10.9 Å². The summed E-state index contributed by atoms with van der Waals surface area (Å²) in [5.41, 5.74) is 9.70. The van der Waals surface area contributed by atoms with Gasteiger partial charge < -0.3 is 4.98 Å². The number of hydrogen-bond donors (Lipinski definition) is 1. The molecule has 1 aliphatic carbocycles. The largest absolute Gasteiger partial charge is 0.358 e. The lowest BCUT2D eigenvalue weighted by Gasteiger charge is -2.08. The van der Waals surface area contributed by atoms with Crippen LogP contribution in [0.4, 0.5) is 0 Å². The highest BCUT2D eigenvalue weighted by Gasteiger charge is 2.19. The predicted molar refractivity (Wildman–Crippen MR) is 105 cm³/mol. The minimum Gasteiger partial charge on any atom is -0.358 e. The minimum atomic E-state index is 0.842. The first-order valence-corrected chi connectivity index (χ1v) is 9.64. The fraction of sp³-hybridized carbons (Fsp3) is 0.435. The summed E-state index contributed by atoms with van der Waals surface area (Å²) in [6.45, 7) is 6.66. The van der Waals surface area contributed by atoms with Crippen LogP contribution in [-0.4, -0.2) is 9.97 Å². The third kappa shape index (κ3) is 3.35. The van der Waals surface area contributed by atoms with E-state index in [4.69, 9.17) is 0 Å². The maximum absolute atomic E-state index is 4.43. The molecule has 1 aromatic carbocycles. The van der Waals surface area contributed by atoms with E-state index >= 15 is 0 Å². The molecule has 2 heterocycles. The van der Waals surface area contributed by atoms with Crippen molar-refractivity contribution in [1.82, 2.24) is 9.97 Å². The smallest absolute Gasteiger partial charge is 0.0491 e. The van der Waals surface area contributed by atoms with E-state index in [0.717, 1.165) is 24.5 Å². The van der Waals surface area contributed by atoms with Crippen LogP contribution in [0.5, 0.6) is 0 Å². The zero-order valence-electron chi connectivity index (χ0n) is 15.7. The number of nitrogens with one attached hydrogen (secondary N) is 1. The van der Waals surface area contributed by atoms with Crippen molar-refractivity contribution in [3.8, 4) is 0 Å². The lowest BCUT2D eigenvalue weighted by atomic mass is 9.97. The van der Waals surface area contributed by atoms with Crippen molar-refractivity contribution in [3.63, 3.8) is 0 Å². The molecular formula is C23H28N2. The standard InChI is InChI=1S/C23H28N2/c1-15-4-10-20-21-13-16(2)12-19(23(21)25-22(20)11-5-15)9-8-18-7-6-17(3)24-14-18/h6-7,12-15,25H,4-5,8-11H2,1-3H3. The van der Waals surface area contributed by atoms with Gasteiger partial charge >= 0.3 is 0 Å². The predicted octanol–water partition coefficient (Wildman–Crippen LogP) is 5.48. The first-order chi connectivity index (χ1) is 12.1. The Labute approximate surface area is 150 Å². The Hall–Kier alpha value is -2.09. The second-order valence-electron chi connectivity index (χ2n) is 7.92. The number of rotatable bonds is 3. The molecule has 0 aliphatic heterocycles. The van der Waals surface area contributed by atoms with E-state index in [1.165, 1.54) is 59.0 Å². The average Bonchev–Trinajstić information content (AvgIpc) is 2.84. The lowest BCUT2D eigenvalue weighted by molar-refractivity contribution is 0.509. The number of H-pyrrole nitrogens is 1. The Bertz CT molecular complexity index is 887. The molecule has 0 fully saturated rings. The maximum atomic E-state index is 4.43. The van der Waals surface area contributed by atoms with Crippen LogP contribution in [0.1, 0.15) is 53.4 Å². The summed E-state index contributed by atoms with van der Waals surface area (Å²) in [5.74, 6) is 0.842. The molecular weight excluding hydrogens is 304 g/mol. The Morgan fingerprint density at radius 2 is 1.92 bits per heavy atom. The Morgan fingerprint density at radius 3 is 2.72 bits per heavy atom. The fourth-order valence-electron chi connectivity index (χ4n) is 4.18. The highest BCUT2D eigenvalue weighted by molar-refractivity contribution is 5.88. The summed E-state index contributed by atoms with van der Waals surface area (Å²) in [7, 11) is 0. The Kier molecular flexibility index (Phi) is 4.37. The average molecular weight is 332 g/mol. The van der Waals surface area contributed by atoms with E-state index in [2.05, 4.69) is 48.1 Å². The molecule has 0 bridgehead atoms. The monoisotopic (exact) mass is 332 g/mol. The fourth-order valence-corrected chi connectivity index (χ4v) is 4.18. The van der Waals surface area contributed by atoms with Gasteiger partial charge in [-0.1, -0.05) is 24.6 Å². The molecule has 1 aliphatic rings. The molecule has 0 saturated heterocycles. The Balaban J connectivity index is 1.67. The SMILES string of the molecule is Cc1cc(CCc2ccc(C)nc2)c2[nH]c3c(c2c1)CCC(C)CC3. The van der Waals surface area contributed by atoms with Crippen LogP contribution in [0.15, 0.2) is 30.5 Å². The number of aryl methyl sites for hydroxylation is 6. The van der Waals surface area contributed by atoms with E-state index in [1.807, 2.05) is 13.1 Å². The van der Waals surface area contributed by atoms with Crippen LogP contribution in [0.3, 0.4) is 0 Å². The molecule has 25 heavy (non-hydrogen) atoms. The van der Waals surface area contributed by atoms with Crippen molar-refractivity contribution >= 4 is 10.9 Å². The second kappa shape index (κ2) is 6.67. The maximum Gasteiger partial charge on any atom is 0.0491 e. The number of hydrogen-bond acceptors (Lipinski definition) is 1. The molecule has 2 aromatic heterocycles. The third-order valence-corrected chi connectivity index (χ3v) is 5.76. The van der Waals surface area contributed by atoms with Crippen LogP contribution in [0.2, 0.25) is 0 Å². The molecule has 1 unspecified atom stereocenters. The quantitative estimate of drug-likeness (QED) is 0.632. The summed E-state index contributed by atoms with van der Waals surface area (Å²) in [5, 5.41) is 1.47. The molecule has 4 rings (SSSR count). The van der Waals surface area contributed by atoms with Gasteiger partial charge in [0.25, 0.3) is 0 Å². The van der Waals surface area contributed by atoms with Crippen LogP contribution < -0.4 is 0 Å². The lowest BCUT2D eigenvalue weighted by Crippen LogP contribution is -1.96. The summed E-state index contributed by atoms with van der Waals surface area (Å²) in [4.78, 5) is 8.24. The molecule has 0 radical (unpaired) electrons. The van der Waals surface area contributed by atoms with Gasteiger partial charge in [0.05, 0.1) is 0 Å². The third-order valence-electron chi connectivity index (χ3n) is 5.76. The van der Waals surface area contributed by atoms with Crippen molar-refractivity contribution in [2.45, 2.75) is 59.3 Å². The van der Waals surface area contributed by atoms with Crippen LogP contribution in [0, 0.1) is 19.8 Å². The molecule has 0 spiro atoms. The number of aromatic nitrogens is 2. The summed E-state index contributed by atoms with van der Waals surface area (Å²) >= 11 is 0. The van der Waals surface area contributed by atoms with Crippen molar-refractivity contribution in [2.24, 2.45) is 5.92 Å². The molecule has 1 N–H and O–H groups in total. The zero-order valence-corrected chi connectivity index (χ0v) is 15.7. The van der Waals surface area contributed by atoms with E-state index in [0.29, 0.717) is 0 Å². The number of fused-ring (bicyclic) bond motifs is 3. The molecule has 3 aromatic rings. The normalized spacial score (nSPS) is 17.5. The summed E-state index contributed by atoms with van der Waals surface area (Å²) in [6, 6.07) is 9.07. The Morgan fingerprint density at radius 1 is 1.08 bits per heavy atom. The molecule has 130 valence electrons. The number of nitrogens with zero attached hydrogens (tertiary/aromatic N) is 1. The van der Waals surface area contributed by atoms with Gasteiger partial charge in [0, 0.05) is 28.5 Å². The van der Waals surface area contributed by atoms with E-state index in [9.17, 15) is 0 Å². The van der Waals surface area contributed by atoms with E-state index < -0.39 is 0 Å². The van der Waals surface area contributed by atoms with E-state index in [1.54, 1.807) is 5.56 Å². The van der Waals surface area contributed by atoms with Gasteiger partial charge in [0.1, 0.15) is 0 Å².